The van der Waals surface area contributed by atoms with Crippen LogP contribution in [0.1, 0.15) is 53.7 Å². The molecule has 18 heteroatoms. The Kier molecular flexibility index (Phi) is 15.7. The highest BCUT2D eigenvalue weighted by atomic mass is 31.2. The minimum atomic E-state index is -1.69. The third-order valence-electron chi connectivity index (χ3n) is 7.50. The Morgan fingerprint density at radius 3 is 2.63 bits per heavy atom. The third-order valence-corrected chi connectivity index (χ3v) is 9.63. The van der Waals surface area contributed by atoms with E-state index in [1.807, 2.05) is 46.8 Å². The van der Waals surface area contributed by atoms with Gasteiger partial charge in [-0.15, -0.1) is 0 Å². The van der Waals surface area contributed by atoms with Crippen molar-refractivity contribution in [2.24, 2.45) is 0 Å². The maximum atomic E-state index is 13.1. The number of para-hydroxylation sites is 1. The van der Waals surface area contributed by atoms with Gasteiger partial charge in [0.1, 0.15) is 38.2 Å². The van der Waals surface area contributed by atoms with Gasteiger partial charge < -0.3 is 37.6 Å². The van der Waals surface area contributed by atoms with Crippen LogP contribution in [0.25, 0.3) is 16.0 Å². The number of ether oxygens (including phenoxy) is 5. The average Bonchev–Trinajstić information content (AvgIpc) is 3.68. The molecule has 276 valence electrons. The van der Waals surface area contributed by atoms with E-state index >= 15 is 0 Å². The van der Waals surface area contributed by atoms with E-state index in [1.54, 1.807) is 28.8 Å². The predicted octanol–water partition coefficient (Wildman–Crippen LogP) is 4.36. The zero-order valence-corrected chi connectivity index (χ0v) is 30.3. The summed E-state index contributed by atoms with van der Waals surface area (Å²) < 4.78 is 45.9. The molecule has 1 aromatic carbocycles. The molecule has 51 heavy (non-hydrogen) atoms. The normalized spacial score (nSPS) is 19.4. The number of hydrogen-bond donors (Lipinski definition) is 2. The van der Waals surface area contributed by atoms with Crippen molar-refractivity contribution in [3.63, 3.8) is 0 Å². The van der Waals surface area contributed by atoms with Crippen molar-refractivity contribution < 1.29 is 37.5 Å². The summed E-state index contributed by atoms with van der Waals surface area (Å²) in [5, 5.41) is 11.3. The molecule has 1 saturated heterocycles. The number of rotatable bonds is 21. The Balaban J connectivity index is 1.63. The molecule has 4 rings (SSSR count). The van der Waals surface area contributed by atoms with Crippen LogP contribution in [-0.4, -0.2) is 100 Å². The number of fused-ring (bicyclic) bond motifs is 1. The van der Waals surface area contributed by atoms with E-state index in [-0.39, 0.29) is 75.6 Å². The van der Waals surface area contributed by atoms with Crippen LogP contribution in [0, 0.1) is 17.9 Å². The van der Waals surface area contributed by atoms with Gasteiger partial charge in [-0.3, -0.25) is 24.5 Å². The first-order valence-corrected chi connectivity index (χ1v) is 17.8. The van der Waals surface area contributed by atoms with Crippen molar-refractivity contribution in [1.82, 2.24) is 24.2 Å². The molecule has 1 fully saturated rings. The van der Waals surface area contributed by atoms with Gasteiger partial charge in [0.15, 0.2) is 24.0 Å². The average molecular weight is 729 g/mol. The summed E-state index contributed by atoms with van der Waals surface area (Å²) in [6.07, 6.45) is -0.773. The van der Waals surface area contributed by atoms with E-state index < -0.39 is 44.5 Å². The molecule has 0 aliphatic carbocycles. The Labute approximate surface area is 297 Å². The lowest BCUT2D eigenvalue weighted by atomic mass is 10.1. The van der Waals surface area contributed by atoms with Crippen LogP contribution in [0.2, 0.25) is 0 Å². The van der Waals surface area contributed by atoms with Gasteiger partial charge in [-0.2, -0.15) is 10.2 Å². The zero-order valence-electron chi connectivity index (χ0n) is 29.4. The second kappa shape index (κ2) is 20.1. The standard InChI is InChI=1S/C33H45N8O9P/c1-7-25-28(50-51(48-17-15-35-6)41(22(2)3)23(4)5)29(47-21-45-20-44-16-11-14-34)32(49-25)40-19-36-27-30(40)38-33(39-31(27)43)37-26(42)18-46-24-12-9-8-10-13-24/h8-10,12-13,19,22-23,25,28-29,32H,7,11,15-18,20-21H2,1-5H3,(H2,37,38,39,42,43)/t25-,28?,29+,32-,51?/m1/s1. The van der Waals surface area contributed by atoms with Gasteiger partial charge >= 0.3 is 0 Å². The van der Waals surface area contributed by atoms with Crippen molar-refractivity contribution in [2.75, 3.05) is 45.3 Å². The summed E-state index contributed by atoms with van der Waals surface area (Å²) in [7, 11) is -1.69. The molecule has 2 N–H and O–H groups in total. The number of carbonyl (C=O) groups is 1. The maximum absolute atomic E-state index is 13.1. The van der Waals surface area contributed by atoms with E-state index in [0.29, 0.717) is 12.2 Å². The first kappa shape index (κ1) is 39.8. The first-order chi connectivity index (χ1) is 24.7. The fraction of sp³-hybridized carbons (Fsp3) is 0.576. The van der Waals surface area contributed by atoms with E-state index in [2.05, 4.69) is 29.8 Å². The number of hydrogen-bond acceptors (Lipinski definition) is 13. The minimum absolute atomic E-state index is 0.0194. The van der Waals surface area contributed by atoms with Gasteiger partial charge in [0, 0.05) is 12.1 Å². The van der Waals surface area contributed by atoms with Crippen LogP contribution >= 0.6 is 8.53 Å². The molecule has 1 amide bonds. The molecule has 0 radical (unpaired) electrons. The van der Waals surface area contributed by atoms with Crippen LogP contribution in [0.3, 0.4) is 0 Å². The summed E-state index contributed by atoms with van der Waals surface area (Å²) >= 11 is 0. The Morgan fingerprint density at radius 2 is 1.94 bits per heavy atom. The van der Waals surface area contributed by atoms with Crippen LogP contribution < -0.4 is 15.6 Å². The number of aromatic nitrogens is 4. The van der Waals surface area contributed by atoms with Crippen molar-refractivity contribution in [1.29, 1.82) is 5.26 Å². The quantitative estimate of drug-likeness (QED) is 0.0682. The van der Waals surface area contributed by atoms with Gasteiger partial charge in [0.25, 0.3) is 20.0 Å². The van der Waals surface area contributed by atoms with Gasteiger partial charge in [-0.1, -0.05) is 25.1 Å². The summed E-state index contributed by atoms with van der Waals surface area (Å²) in [6.45, 7) is 17.3. The van der Waals surface area contributed by atoms with Gasteiger partial charge in [-0.05, 0) is 46.2 Å². The summed E-state index contributed by atoms with van der Waals surface area (Å²) in [5.74, 6) is -0.131. The number of aromatic amines is 1. The number of carbonyl (C=O) groups excluding carboxylic acids is 1. The van der Waals surface area contributed by atoms with Crippen LogP contribution in [-0.2, 0) is 32.8 Å². The van der Waals surface area contributed by atoms with Gasteiger partial charge in [0.05, 0.1) is 31.5 Å². The number of nitrogens with zero attached hydrogens (tertiary/aromatic N) is 6. The summed E-state index contributed by atoms with van der Waals surface area (Å²) in [4.78, 5) is 40.6. The van der Waals surface area contributed by atoms with Crippen molar-refractivity contribution in [3.8, 4) is 11.8 Å². The number of H-pyrrole nitrogens is 1. The highest BCUT2D eigenvalue weighted by molar-refractivity contribution is 7.44. The third kappa shape index (κ3) is 11.0. The van der Waals surface area contributed by atoms with Crippen LogP contribution in [0.15, 0.2) is 41.5 Å². The van der Waals surface area contributed by atoms with Crippen LogP contribution in [0.5, 0.6) is 5.75 Å². The Morgan fingerprint density at radius 1 is 1.18 bits per heavy atom. The molecule has 1 aliphatic heterocycles. The van der Waals surface area contributed by atoms with E-state index in [4.69, 9.17) is 44.6 Å². The van der Waals surface area contributed by atoms with E-state index in [9.17, 15) is 9.59 Å². The molecule has 3 heterocycles. The van der Waals surface area contributed by atoms with Gasteiger partial charge in [0.2, 0.25) is 12.5 Å². The monoisotopic (exact) mass is 728 g/mol. The molecule has 5 atom stereocenters. The van der Waals surface area contributed by atoms with Crippen molar-refractivity contribution in [2.45, 2.75) is 84.1 Å². The maximum Gasteiger partial charge on any atom is 0.280 e. The first-order valence-electron chi connectivity index (χ1n) is 16.6. The zero-order chi connectivity index (χ0) is 36.8. The molecule has 0 bridgehead atoms. The molecular formula is C33H45N8O9P. The highest BCUT2D eigenvalue weighted by Gasteiger charge is 2.49. The van der Waals surface area contributed by atoms with E-state index in [0.717, 1.165) is 0 Å². The highest BCUT2D eigenvalue weighted by Crippen LogP contribution is 2.51. The predicted molar refractivity (Wildman–Crippen MR) is 186 cm³/mol. The lowest BCUT2D eigenvalue weighted by Gasteiger charge is -2.38. The molecule has 0 saturated carbocycles. The van der Waals surface area contributed by atoms with Crippen molar-refractivity contribution in [3.05, 3.63) is 58.4 Å². The molecule has 17 nitrogen and oxygen atoms in total. The fourth-order valence-corrected chi connectivity index (χ4v) is 7.12. The van der Waals surface area contributed by atoms with E-state index in [1.165, 1.54) is 6.33 Å². The smallest absolute Gasteiger partial charge is 0.280 e. The van der Waals surface area contributed by atoms with Crippen molar-refractivity contribution >= 4 is 31.5 Å². The van der Waals surface area contributed by atoms with Gasteiger partial charge in [-0.25, -0.2) is 16.2 Å². The Hall–Kier alpha value is -4.03. The topological polar surface area (TPSA) is 189 Å². The molecule has 2 unspecified atom stereocenters. The lowest BCUT2D eigenvalue weighted by molar-refractivity contribution is -0.173. The molecule has 0 spiro atoms. The number of amides is 1. The lowest BCUT2D eigenvalue weighted by Crippen LogP contribution is -2.40. The molecular weight excluding hydrogens is 683 g/mol. The number of benzene rings is 1. The molecule has 1 aliphatic rings. The second-order valence-corrected chi connectivity index (χ2v) is 13.2. The second-order valence-electron chi connectivity index (χ2n) is 11.8. The SMILES string of the molecule is [C-]#[N+]CCOP(OC1[C@@H](CC)O[C@@H](n2cnc3c(=O)[nH]c(NC(=O)COc4ccccc4)nc32)[C@H]1OCOCOCCC#N)N(C(C)C)C(C)C. The number of nitrogens with one attached hydrogen (secondary N) is 2. The molecule has 2 aromatic heterocycles. The summed E-state index contributed by atoms with van der Waals surface area (Å²) in [5.41, 5.74) is -0.423. The summed E-state index contributed by atoms with van der Waals surface area (Å²) in [6, 6.07) is 11.0. The number of nitriles is 1. The largest absolute Gasteiger partial charge is 0.484 e. The fourth-order valence-electron chi connectivity index (χ4n) is 5.36. The minimum Gasteiger partial charge on any atom is -0.484 e. The molecule has 3 aromatic rings. The van der Waals surface area contributed by atoms with Crippen LogP contribution in [0.4, 0.5) is 5.95 Å². The Bertz CT molecular complexity index is 1670. The number of imidazole rings is 1. The number of anilines is 1.